The lowest BCUT2D eigenvalue weighted by atomic mass is 10.0. The molecule has 68 heavy (non-hydrogen) atoms. The molecule has 0 fully saturated rings. The molecule has 0 aliphatic rings. The Labute approximate surface area is 422 Å². The van der Waals surface area contributed by atoms with Crippen LogP contribution in [0.25, 0.3) is 0 Å². The monoisotopic (exact) mass is 953 g/mol. The average Bonchev–Trinajstić information content (AvgIpc) is 3.34. The third-order valence-electron chi connectivity index (χ3n) is 13.1. The number of ether oxygens (including phenoxy) is 3. The van der Waals surface area contributed by atoms with Crippen LogP contribution in [0.3, 0.4) is 0 Å². The molecule has 6 nitrogen and oxygen atoms in total. The molecule has 0 spiro atoms. The molecule has 0 aromatic rings. The zero-order valence-corrected chi connectivity index (χ0v) is 45.4. The first kappa shape index (κ1) is 65.4. The zero-order valence-electron chi connectivity index (χ0n) is 45.4. The number of rotatable bonds is 54. The summed E-state index contributed by atoms with van der Waals surface area (Å²) >= 11 is 0. The molecule has 0 rings (SSSR count). The highest BCUT2D eigenvalue weighted by molar-refractivity contribution is 5.71. The van der Waals surface area contributed by atoms with Crippen molar-refractivity contribution in [3.63, 3.8) is 0 Å². The molecular formula is C62H112O6. The molecule has 0 saturated carbocycles. The number of carbonyl (C=O) groups excluding carboxylic acids is 3. The third kappa shape index (κ3) is 54.3. The van der Waals surface area contributed by atoms with E-state index in [1.54, 1.807) is 0 Å². The minimum atomic E-state index is -0.794. The maximum atomic E-state index is 12.9. The molecule has 0 saturated heterocycles. The highest BCUT2D eigenvalue weighted by atomic mass is 16.6. The van der Waals surface area contributed by atoms with Crippen LogP contribution >= 0.6 is 0 Å². The van der Waals surface area contributed by atoms with Crippen molar-refractivity contribution in [3.05, 3.63) is 48.6 Å². The fourth-order valence-electron chi connectivity index (χ4n) is 8.61. The van der Waals surface area contributed by atoms with Crippen molar-refractivity contribution in [2.24, 2.45) is 0 Å². The number of unbranched alkanes of at least 4 members (excludes halogenated alkanes) is 36. The van der Waals surface area contributed by atoms with E-state index in [2.05, 4.69) is 63.3 Å². The van der Waals surface area contributed by atoms with Gasteiger partial charge in [-0.05, 0) is 64.2 Å². The summed E-state index contributed by atoms with van der Waals surface area (Å²) in [6.45, 7) is 6.59. The van der Waals surface area contributed by atoms with E-state index in [0.717, 1.165) is 51.4 Å². The van der Waals surface area contributed by atoms with Gasteiger partial charge >= 0.3 is 17.9 Å². The minimum absolute atomic E-state index is 0.0889. The fraction of sp³-hybridized carbons (Fsp3) is 0.823. The van der Waals surface area contributed by atoms with Crippen molar-refractivity contribution in [3.8, 4) is 0 Å². The largest absolute Gasteiger partial charge is 0.462 e. The third-order valence-corrected chi connectivity index (χ3v) is 13.1. The first-order chi connectivity index (χ1) is 33.5. The zero-order chi connectivity index (χ0) is 49.3. The molecule has 1 atom stereocenters. The quantitative estimate of drug-likeness (QED) is 0.0199. The summed E-state index contributed by atoms with van der Waals surface area (Å²) in [6, 6.07) is 0. The molecule has 0 heterocycles. The van der Waals surface area contributed by atoms with Gasteiger partial charge in [-0.25, -0.2) is 0 Å². The van der Waals surface area contributed by atoms with Crippen molar-refractivity contribution < 1.29 is 28.6 Å². The minimum Gasteiger partial charge on any atom is -0.462 e. The normalized spacial score (nSPS) is 12.3. The summed E-state index contributed by atoms with van der Waals surface area (Å²) < 4.78 is 16.8. The highest BCUT2D eigenvalue weighted by Crippen LogP contribution is 2.17. The molecule has 0 aromatic carbocycles. The second-order valence-corrected chi connectivity index (χ2v) is 19.9. The van der Waals surface area contributed by atoms with E-state index in [1.165, 1.54) is 212 Å². The number of hydrogen-bond acceptors (Lipinski definition) is 6. The highest BCUT2D eigenvalue weighted by Gasteiger charge is 2.19. The smallest absolute Gasteiger partial charge is 0.306 e. The van der Waals surface area contributed by atoms with Crippen LogP contribution in [0, 0.1) is 0 Å². The molecule has 0 N–H and O–H groups in total. The number of carbonyl (C=O) groups is 3. The van der Waals surface area contributed by atoms with Gasteiger partial charge in [-0.15, -0.1) is 0 Å². The number of hydrogen-bond donors (Lipinski definition) is 0. The van der Waals surface area contributed by atoms with Crippen LogP contribution in [0.1, 0.15) is 310 Å². The van der Waals surface area contributed by atoms with E-state index in [4.69, 9.17) is 14.2 Å². The average molecular weight is 954 g/mol. The van der Waals surface area contributed by atoms with Gasteiger partial charge in [0.1, 0.15) is 13.2 Å². The van der Waals surface area contributed by atoms with E-state index < -0.39 is 6.10 Å². The molecule has 1 unspecified atom stereocenters. The van der Waals surface area contributed by atoms with Crippen LogP contribution in [-0.4, -0.2) is 37.2 Å². The van der Waals surface area contributed by atoms with Crippen LogP contribution in [0.4, 0.5) is 0 Å². The van der Waals surface area contributed by atoms with E-state index >= 15 is 0 Å². The molecule has 0 radical (unpaired) electrons. The van der Waals surface area contributed by atoms with E-state index in [-0.39, 0.29) is 37.5 Å². The maximum Gasteiger partial charge on any atom is 0.306 e. The van der Waals surface area contributed by atoms with E-state index in [1.807, 2.05) is 6.08 Å². The lowest BCUT2D eigenvalue weighted by Gasteiger charge is -2.18. The summed E-state index contributed by atoms with van der Waals surface area (Å²) in [5.41, 5.74) is 0. The topological polar surface area (TPSA) is 78.9 Å². The second-order valence-electron chi connectivity index (χ2n) is 19.9. The van der Waals surface area contributed by atoms with Gasteiger partial charge in [0.05, 0.1) is 0 Å². The van der Waals surface area contributed by atoms with E-state index in [9.17, 15) is 14.4 Å². The Kier molecular flexibility index (Phi) is 54.8. The van der Waals surface area contributed by atoms with Crippen LogP contribution < -0.4 is 0 Å². The van der Waals surface area contributed by atoms with Crippen molar-refractivity contribution in [2.75, 3.05) is 13.2 Å². The second kappa shape index (κ2) is 57.0. The number of esters is 3. The van der Waals surface area contributed by atoms with Crippen molar-refractivity contribution in [1.82, 2.24) is 0 Å². The Hall–Kier alpha value is -2.63. The van der Waals surface area contributed by atoms with Crippen LogP contribution in [0.2, 0.25) is 0 Å². The Balaban J connectivity index is 4.36. The molecular weight excluding hydrogens is 841 g/mol. The molecule has 396 valence electrons. The van der Waals surface area contributed by atoms with Gasteiger partial charge in [-0.3, -0.25) is 14.4 Å². The van der Waals surface area contributed by atoms with Crippen LogP contribution in [-0.2, 0) is 28.6 Å². The summed E-state index contributed by atoms with van der Waals surface area (Å²) in [5, 5.41) is 0. The van der Waals surface area contributed by atoms with Gasteiger partial charge in [0.2, 0.25) is 0 Å². The van der Waals surface area contributed by atoms with Gasteiger partial charge in [0.15, 0.2) is 6.10 Å². The summed E-state index contributed by atoms with van der Waals surface area (Å²) in [4.78, 5) is 38.1. The maximum absolute atomic E-state index is 12.9. The standard InChI is InChI=1S/C62H112O6/c1-4-7-10-13-16-19-22-25-27-29-31-33-34-37-40-43-46-49-52-55-61(64)67-58-59(57-66-60(63)54-51-48-45-42-39-36-24-21-18-15-12-9-6-3)68-62(65)56-53-50-47-44-41-38-35-32-30-28-26-23-20-17-14-11-8-5-2/h16,19,22,25,36,39,45,48,59H,4-15,17-18,20-21,23-24,26-35,37-38,40-44,46-47,49-58H2,1-3H3/b19-16+,25-22+,39-36+,48-45+. The molecule has 6 heteroatoms. The Morgan fingerprint density at radius 2 is 0.603 bits per heavy atom. The predicted molar refractivity (Wildman–Crippen MR) is 293 cm³/mol. The Bertz CT molecular complexity index is 1190. The lowest BCUT2D eigenvalue weighted by Crippen LogP contribution is -2.30. The van der Waals surface area contributed by atoms with Gasteiger partial charge in [-0.2, -0.15) is 0 Å². The first-order valence-corrected chi connectivity index (χ1v) is 29.7. The van der Waals surface area contributed by atoms with Crippen molar-refractivity contribution >= 4 is 17.9 Å². The molecule has 0 amide bonds. The lowest BCUT2D eigenvalue weighted by molar-refractivity contribution is -0.166. The molecule has 0 aliphatic heterocycles. The molecule has 0 aliphatic carbocycles. The predicted octanol–water partition coefficient (Wildman–Crippen LogP) is 19.8. The van der Waals surface area contributed by atoms with E-state index in [0.29, 0.717) is 19.3 Å². The van der Waals surface area contributed by atoms with Crippen LogP contribution in [0.5, 0.6) is 0 Å². The first-order valence-electron chi connectivity index (χ1n) is 29.7. The van der Waals surface area contributed by atoms with Crippen molar-refractivity contribution in [2.45, 2.75) is 316 Å². The fourth-order valence-corrected chi connectivity index (χ4v) is 8.61. The molecule has 0 bridgehead atoms. The van der Waals surface area contributed by atoms with Gasteiger partial charge < -0.3 is 14.2 Å². The van der Waals surface area contributed by atoms with Gasteiger partial charge in [-0.1, -0.05) is 275 Å². The van der Waals surface area contributed by atoms with Gasteiger partial charge in [0.25, 0.3) is 0 Å². The Morgan fingerprint density at radius 3 is 1.01 bits per heavy atom. The van der Waals surface area contributed by atoms with Crippen LogP contribution in [0.15, 0.2) is 48.6 Å². The van der Waals surface area contributed by atoms with Crippen molar-refractivity contribution in [1.29, 1.82) is 0 Å². The SMILES string of the molecule is CCCCC/C=C/C=C/CCCCCCCCCCCCC(=O)OCC(COC(=O)CC/C=C/C/C=C/CCCCCCCC)OC(=O)CCCCCCCCCCCCCCCCCCCC. The number of allylic oxidation sites excluding steroid dienone is 8. The molecule has 0 aromatic heterocycles. The summed E-state index contributed by atoms with van der Waals surface area (Å²) in [7, 11) is 0. The summed E-state index contributed by atoms with van der Waals surface area (Å²) in [5.74, 6) is -0.946. The van der Waals surface area contributed by atoms with Gasteiger partial charge in [0, 0.05) is 19.3 Å². The summed E-state index contributed by atoms with van der Waals surface area (Å²) in [6.07, 6.45) is 69.7. The Morgan fingerprint density at radius 1 is 0.309 bits per heavy atom.